The number of nitrogens with zero attached hydrogens (tertiary/aromatic N) is 2. The zero-order valence-corrected chi connectivity index (χ0v) is 17.0. The molecule has 1 fully saturated rings. The van der Waals surface area contributed by atoms with Gasteiger partial charge in [-0.2, -0.15) is 0 Å². The van der Waals surface area contributed by atoms with Crippen LogP contribution in [0.5, 0.6) is 5.75 Å². The maximum Gasteiger partial charge on any atom is 0.122 e. The maximum absolute atomic E-state index is 10.6. The number of benzene rings is 1. The molecule has 6 nitrogen and oxygen atoms in total. The lowest BCUT2D eigenvalue weighted by Crippen LogP contribution is -2.43. The molecule has 0 bridgehead atoms. The first-order valence-electron chi connectivity index (χ1n) is 10.0. The van der Waals surface area contributed by atoms with E-state index in [1.54, 1.807) is 0 Å². The fourth-order valence-electron chi connectivity index (χ4n) is 3.39. The Morgan fingerprint density at radius 2 is 1.93 bits per heavy atom. The van der Waals surface area contributed by atoms with Gasteiger partial charge < -0.3 is 19.0 Å². The van der Waals surface area contributed by atoms with Gasteiger partial charge in [0.05, 0.1) is 19.8 Å². The van der Waals surface area contributed by atoms with E-state index in [1.165, 1.54) is 0 Å². The van der Waals surface area contributed by atoms with E-state index >= 15 is 0 Å². The molecular formula is C22H32N2O4. The highest BCUT2D eigenvalue weighted by Gasteiger charge is 2.17. The summed E-state index contributed by atoms with van der Waals surface area (Å²) in [6, 6.07) is 11.9. The van der Waals surface area contributed by atoms with Crippen molar-refractivity contribution in [1.29, 1.82) is 0 Å². The third-order valence-electron chi connectivity index (χ3n) is 5.01. The summed E-state index contributed by atoms with van der Waals surface area (Å²) < 4.78 is 17.0. The molecule has 1 aromatic heterocycles. The molecule has 1 N–H and O–H groups in total. The van der Waals surface area contributed by atoms with Crippen molar-refractivity contribution in [1.82, 2.24) is 9.80 Å². The summed E-state index contributed by atoms with van der Waals surface area (Å²) in [7, 11) is 0. The molecule has 1 unspecified atom stereocenters. The number of aliphatic hydroxyl groups is 1. The van der Waals surface area contributed by atoms with Crippen LogP contribution in [0, 0.1) is 13.8 Å². The quantitative estimate of drug-likeness (QED) is 0.675. The van der Waals surface area contributed by atoms with Gasteiger partial charge in [-0.15, -0.1) is 0 Å². The first-order valence-corrected chi connectivity index (χ1v) is 10.0. The second-order valence-corrected chi connectivity index (χ2v) is 7.43. The molecule has 0 aliphatic carbocycles. The number of ether oxygens (including phenoxy) is 2. The Morgan fingerprint density at radius 1 is 1.14 bits per heavy atom. The van der Waals surface area contributed by atoms with Crippen molar-refractivity contribution >= 4 is 0 Å². The normalized spacial score (nSPS) is 16.4. The molecule has 2 heterocycles. The van der Waals surface area contributed by atoms with Gasteiger partial charge in [0, 0.05) is 32.7 Å². The number of para-hydroxylation sites is 1. The van der Waals surface area contributed by atoms with Crippen molar-refractivity contribution in [3.63, 3.8) is 0 Å². The average Bonchev–Trinajstić information content (AvgIpc) is 3.11. The largest absolute Gasteiger partial charge is 0.491 e. The van der Waals surface area contributed by atoms with Crippen LogP contribution >= 0.6 is 0 Å². The molecule has 0 spiro atoms. The van der Waals surface area contributed by atoms with E-state index < -0.39 is 6.10 Å². The minimum absolute atomic E-state index is 0.274. The Morgan fingerprint density at radius 3 is 2.64 bits per heavy atom. The first-order chi connectivity index (χ1) is 13.6. The Kier molecular flexibility index (Phi) is 7.91. The minimum Gasteiger partial charge on any atom is -0.491 e. The van der Waals surface area contributed by atoms with Gasteiger partial charge in [-0.05, 0) is 37.6 Å². The van der Waals surface area contributed by atoms with Gasteiger partial charge in [0.15, 0.2) is 0 Å². The standard InChI is InChI=1S/C22H32N2O4/c1-18-5-3-4-6-22(18)27-17-20(25)15-24(16-21-8-7-19(2)28-21)10-9-23-11-13-26-14-12-23/h3-8,20,25H,9-17H2,1-2H3. The Balaban J connectivity index is 1.52. The molecule has 1 aliphatic rings. The topological polar surface area (TPSA) is 58.3 Å². The molecule has 1 aliphatic heterocycles. The van der Waals surface area contributed by atoms with E-state index in [-0.39, 0.29) is 6.61 Å². The number of rotatable bonds is 10. The lowest BCUT2D eigenvalue weighted by Gasteiger charge is -2.30. The predicted molar refractivity (Wildman–Crippen MR) is 109 cm³/mol. The molecule has 0 radical (unpaired) electrons. The van der Waals surface area contributed by atoms with E-state index in [1.807, 2.05) is 50.2 Å². The number of aliphatic hydroxyl groups excluding tert-OH is 1. The van der Waals surface area contributed by atoms with E-state index in [0.717, 1.165) is 62.2 Å². The van der Waals surface area contributed by atoms with Crippen LogP contribution in [-0.2, 0) is 11.3 Å². The summed E-state index contributed by atoms with van der Waals surface area (Å²) in [5.41, 5.74) is 1.07. The first kappa shape index (κ1) is 20.9. The summed E-state index contributed by atoms with van der Waals surface area (Å²) in [5, 5.41) is 10.6. The number of hydrogen-bond donors (Lipinski definition) is 1. The van der Waals surface area contributed by atoms with Gasteiger partial charge >= 0.3 is 0 Å². The summed E-state index contributed by atoms with van der Waals surface area (Å²) in [6.45, 7) is 10.8. The molecule has 0 amide bonds. The van der Waals surface area contributed by atoms with Crippen LogP contribution in [0.4, 0.5) is 0 Å². The van der Waals surface area contributed by atoms with Crippen LogP contribution in [0.3, 0.4) is 0 Å². The van der Waals surface area contributed by atoms with E-state index in [9.17, 15) is 5.11 Å². The van der Waals surface area contributed by atoms with Crippen molar-refractivity contribution in [3.05, 3.63) is 53.5 Å². The number of furan rings is 1. The molecule has 154 valence electrons. The summed E-state index contributed by atoms with van der Waals surface area (Å²) in [4.78, 5) is 4.64. The van der Waals surface area contributed by atoms with Crippen LogP contribution in [0.25, 0.3) is 0 Å². The lowest BCUT2D eigenvalue weighted by molar-refractivity contribution is 0.0246. The van der Waals surface area contributed by atoms with Crippen LogP contribution in [-0.4, -0.2) is 73.6 Å². The van der Waals surface area contributed by atoms with Crippen LogP contribution in [0.15, 0.2) is 40.8 Å². The number of hydrogen-bond acceptors (Lipinski definition) is 6. The summed E-state index contributed by atoms with van der Waals surface area (Å²) >= 11 is 0. The second kappa shape index (κ2) is 10.6. The molecule has 1 atom stereocenters. The fraction of sp³-hybridized carbons (Fsp3) is 0.545. The number of aryl methyl sites for hydroxylation is 2. The van der Waals surface area contributed by atoms with Crippen molar-refractivity contribution in [2.75, 3.05) is 52.5 Å². The SMILES string of the molecule is Cc1ccc(CN(CCN2CCOCC2)CC(O)COc2ccccc2C)o1. The molecule has 6 heteroatoms. The average molecular weight is 389 g/mol. The third kappa shape index (κ3) is 6.63. The highest BCUT2D eigenvalue weighted by atomic mass is 16.5. The number of morpholine rings is 1. The Hall–Kier alpha value is -1.86. The molecule has 3 rings (SSSR count). The van der Waals surface area contributed by atoms with Gasteiger partial charge in [-0.1, -0.05) is 18.2 Å². The van der Waals surface area contributed by atoms with Gasteiger partial charge in [-0.25, -0.2) is 0 Å². The van der Waals surface area contributed by atoms with Crippen LogP contribution in [0.2, 0.25) is 0 Å². The van der Waals surface area contributed by atoms with E-state index in [4.69, 9.17) is 13.9 Å². The van der Waals surface area contributed by atoms with E-state index in [2.05, 4.69) is 9.80 Å². The molecule has 1 aromatic carbocycles. The summed E-state index contributed by atoms with van der Waals surface area (Å²) in [5.74, 6) is 2.65. The summed E-state index contributed by atoms with van der Waals surface area (Å²) in [6.07, 6.45) is -0.569. The zero-order valence-electron chi connectivity index (χ0n) is 17.0. The highest BCUT2D eigenvalue weighted by Crippen LogP contribution is 2.17. The van der Waals surface area contributed by atoms with Gasteiger partial charge in [0.25, 0.3) is 0 Å². The van der Waals surface area contributed by atoms with E-state index in [0.29, 0.717) is 13.1 Å². The molecule has 0 saturated carbocycles. The maximum atomic E-state index is 10.6. The Bertz CT molecular complexity index is 712. The van der Waals surface area contributed by atoms with Crippen LogP contribution < -0.4 is 4.74 Å². The van der Waals surface area contributed by atoms with Crippen LogP contribution in [0.1, 0.15) is 17.1 Å². The van der Waals surface area contributed by atoms with Crippen molar-refractivity contribution in [3.8, 4) is 5.75 Å². The third-order valence-corrected chi connectivity index (χ3v) is 5.01. The molecule has 28 heavy (non-hydrogen) atoms. The predicted octanol–water partition coefficient (Wildman–Crippen LogP) is 2.47. The molecule has 1 saturated heterocycles. The second-order valence-electron chi connectivity index (χ2n) is 7.43. The van der Waals surface area contributed by atoms with Crippen molar-refractivity contribution in [2.45, 2.75) is 26.5 Å². The lowest BCUT2D eigenvalue weighted by atomic mass is 10.2. The smallest absolute Gasteiger partial charge is 0.122 e. The minimum atomic E-state index is -0.569. The Labute approximate surface area is 167 Å². The van der Waals surface area contributed by atoms with Gasteiger partial charge in [0.2, 0.25) is 0 Å². The molecular weight excluding hydrogens is 356 g/mol. The monoisotopic (exact) mass is 388 g/mol. The van der Waals surface area contributed by atoms with Gasteiger partial charge in [0.1, 0.15) is 30.0 Å². The fourth-order valence-corrected chi connectivity index (χ4v) is 3.39. The highest BCUT2D eigenvalue weighted by molar-refractivity contribution is 5.31. The molecule has 2 aromatic rings. The van der Waals surface area contributed by atoms with Gasteiger partial charge in [-0.3, -0.25) is 9.80 Å². The zero-order chi connectivity index (χ0) is 19.8. The van der Waals surface area contributed by atoms with Crippen molar-refractivity contribution < 1.29 is 19.0 Å². The van der Waals surface area contributed by atoms with Crippen molar-refractivity contribution in [2.24, 2.45) is 0 Å².